The van der Waals surface area contributed by atoms with E-state index in [2.05, 4.69) is 30.9 Å². The molecule has 24 heavy (non-hydrogen) atoms. The highest BCUT2D eigenvalue weighted by Gasteiger charge is 2.14. The molecular weight excluding hydrogens is 300 g/mol. The molecule has 0 aromatic heterocycles. The van der Waals surface area contributed by atoms with Crippen molar-refractivity contribution in [3.8, 4) is 5.75 Å². The Balaban J connectivity index is 1.77. The molecule has 2 aromatic rings. The summed E-state index contributed by atoms with van der Waals surface area (Å²) in [6.45, 7) is 5.49. The molecule has 2 aromatic carbocycles. The monoisotopic (exact) mass is 320 g/mol. The van der Waals surface area contributed by atoms with Crippen LogP contribution in [0, 0.1) is 0 Å². The summed E-state index contributed by atoms with van der Waals surface area (Å²) < 4.78 is 5.14. The Bertz CT molecular complexity index is 874. The third-order valence-electron chi connectivity index (χ3n) is 4.14. The number of phenolic OH excluding ortho intramolecular Hbond substituents is 1. The van der Waals surface area contributed by atoms with E-state index in [1.807, 2.05) is 24.3 Å². The van der Waals surface area contributed by atoms with Gasteiger partial charge in [-0.3, -0.25) is 0 Å². The second kappa shape index (κ2) is 6.75. The predicted octanol–water partition coefficient (Wildman–Crippen LogP) is 2.41. The third kappa shape index (κ3) is 3.40. The number of benzene rings is 2. The molecule has 1 N–H and O–H groups in total. The molecule has 0 saturated heterocycles. The minimum absolute atomic E-state index is 0.0559. The zero-order chi connectivity index (χ0) is 17.1. The minimum atomic E-state index is -0.373. The highest BCUT2D eigenvalue weighted by atomic mass is 16.5. The Hall–Kier alpha value is -2.81. The highest BCUT2D eigenvalue weighted by Crippen LogP contribution is 2.30. The summed E-state index contributed by atoms with van der Waals surface area (Å²) in [5, 5.41) is 12.6. The average Bonchev–Trinajstić information content (AvgIpc) is 3.00. The van der Waals surface area contributed by atoms with E-state index in [4.69, 9.17) is 4.74 Å². The summed E-state index contributed by atoms with van der Waals surface area (Å²) in [5.74, 6) is -0.0368. The van der Waals surface area contributed by atoms with Crippen molar-refractivity contribution < 1.29 is 14.6 Å². The summed E-state index contributed by atoms with van der Waals surface area (Å²) in [5.41, 5.74) is 2.29. The number of fused-ring (bicyclic) bond motifs is 1. The van der Waals surface area contributed by atoms with E-state index in [1.54, 1.807) is 13.0 Å². The number of phenols is 1. The molecule has 0 bridgehead atoms. The second-order valence-corrected chi connectivity index (χ2v) is 6.05. The van der Waals surface area contributed by atoms with Crippen LogP contribution in [0.2, 0.25) is 0 Å². The molecule has 0 radical (unpaired) electrons. The van der Waals surface area contributed by atoms with E-state index in [0.717, 1.165) is 11.1 Å². The van der Waals surface area contributed by atoms with Crippen LogP contribution < -0.4 is 10.4 Å². The number of esters is 1. The smallest absolute Gasteiger partial charge is 0.333 e. The second-order valence-electron chi connectivity index (χ2n) is 6.05. The molecule has 0 spiro atoms. The van der Waals surface area contributed by atoms with Gasteiger partial charge in [0.15, 0.2) is 0 Å². The third-order valence-corrected chi connectivity index (χ3v) is 4.14. The van der Waals surface area contributed by atoms with Crippen LogP contribution in [0.15, 0.2) is 54.6 Å². The summed E-state index contributed by atoms with van der Waals surface area (Å²) >= 11 is 0. The van der Waals surface area contributed by atoms with Crippen LogP contribution in [0.3, 0.4) is 0 Å². The Labute approximate surface area is 141 Å². The first-order chi connectivity index (χ1) is 11.5. The van der Waals surface area contributed by atoms with E-state index < -0.39 is 0 Å². The zero-order valence-electron chi connectivity index (χ0n) is 13.7. The maximum absolute atomic E-state index is 11.4. The molecule has 0 amide bonds. The minimum Gasteiger partial charge on any atom is -0.508 e. The lowest BCUT2D eigenvalue weighted by Gasteiger charge is -2.11. The molecule has 122 valence electrons. The van der Waals surface area contributed by atoms with Gasteiger partial charge in [-0.15, -0.1) is 0 Å². The van der Waals surface area contributed by atoms with E-state index in [-0.39, 0.29) is 17.6 Å². The van der Waals surface area contributed by atoms with Crippen LogP contribution in [0.1, 0.15) is 24.0 Å². The van der Waals surface area contributed by atoms with Crippen molar-refractivity contribution >= 4 is 18.1 Å². The first-order valence-corrected chi connectivity index (χ1v) is 7.98. The number of aromatic hydroxyl groups is 1. The Morgan fingerprint density at radius 1 is 1.17 bits per heavy atom. The SMILES string of the molecule is C=C(C)C(=O)OCCc1ccc(O)c(C2C=c3ccccc3=C2)c1. The molecule has 0 fully saturated rings. The van der Waals surface area contributed by atoms with Gasteiger partial charge in [-0.25, -0.2) is 4.79 Å². The number of hydrogen-bond donors (Lipinski definition) is 1. The van der Waals surface area contributed by atoms with Crippen molar-refractivity contribution in [3.05, 3.63) is 76.2 Å². The number of hydrogen-bond acceptors (Lipinski definition) is 3. The fraction of sp³-hybridized carbons (Fsp3) is 0.190. The van der Waals surface area contributed by atoms with Crippen LogP contribution in [-0.2, 0) is 16.0 Å². The maximum Gasteiger partial charge on any atom is 0.333 e. The van der Waals surface area contributed by atoms with Crippen LogP contribution in [0.25, 0.3) is 12.2 Å². The van der Waals surface area contributed by atoms with Gasteiger partial charge >= 0.3 is 5.97 Å². The van der Waals surface area contributed by atoms with Gasteiger partial charge in [-0.1, -0.05) is 55.1 Å². The lowest BCUT2D eigenvalue weighted by atomic mass is 9.96. The molecule has 3 heteroatoms. The molecule has 1 aliphatic carbocycles. The molecule has 0 saturated carbocycles. The molecule has 1 aliphatic rings. The molecule has 0 heterocycles. The lowest BCUT2D eigenvalue weighted by molar-refractivity contribution is -0.138. The molecular formula is C21H20O3. The molecule has 0 unspecified atom stereocenters. The lowest BCUT2D eigenvalue weighted by Crippen LogP contribution is -2.19. The number of ether oxygens (including phenoxy) is 1. The highest BCUT2D eigenvalue weighted by molar-refractivity contribution is 5.86. The summed E-state index contributed by atoms with van der Waals surface area (Å²) in [7, 11) is 0. The molecule has 0 aliphatic heterocycles. The summed E-state index contributed by atoms with van der Waals surface area (Å²) in [6.07, 6.45) is 4.90. The fourth-order valence-corrected chi connectivity index (χ4v) is 2.84. The van der Waals surface area contributed by atoms with Gasteiger partial charge in [0.05, 0.1) is 6.61 Å². The Morgan fingerprint density at radius 2 is 1.83 bits per heavy atom. The van der Waals surface area contributed by atoms with Gasteiger partial charge in [-0.05, 0) is 29.0 Å². The van der Waals surface area contributed by atoms with E-state index in [1.165, 1.54) is 10.4 Å². The molecule has 3 nitrogen and oxygen atoms in total. The van der Waals surface area contributed by atoms with Gasteiger partial charge < -0.3 is 9.84 Å². The number of carbonyl (C=O) groups is 1. The quantitative estimate of drug-likeness (QED) is 0.680. The van der Waals surface area contributed by atoms with Crippen LogP contribution in [-0.4, -0.2) is 17.7 Å². The molecule has 3 rings (SSSR count). The zero-order valence-corrected chi connectivity index (χ0v) is 13.7. The van der Waals surface area contributed by atoms with Gasteiger partial charge in [-0.2, -0.15) is 0 Å². The fourth-order valence-electron chi connectivity index (χ4n) is 2.84. The van der Waals surface area contributed by atoms with Crippen molar-refractivity contribution in [1.82, 2.24) is 0 Å². The first-order valence-electron chi connectivity index (χ1n) is 7.98. The van der Waals surface area contributed by atoms with Crippen molar-refractivity contribution in [1.29, 1.82) is 0 Å². The van der Waals surface area contributed by atoms with Crippen molar-refractivity contribution in [2.45, 2.75) is 19.3 Å². The van der Waals surface area contributed by atoms with E-state index in [9.17, 15) is 9.90 Å². The van der Waals surface area contributed by atoms with E-state index >= 15 is 0 Å². The largest absolute Gasteiger partial charge is 0.508 e. The van der Waals surface area contributed by atoms with E-state index in [0.29, 0.717) is 18.6 Å². The van der Waals surface area contributed by atoms with Crippen molar-refractivity contribution in [2.24, 2.45) is 0 Å². The van der Waals surface area contributed by atoms with Crippen LogP contribution in [0.5, 0.6) is 5.75 Å². The van der Waals surface area contributed by atoms with Crippen LogP contribution >= 0.6 is 0 Å². The van der Waals surface area contributed by atoms with Gasteiger partial charge in [0.25, 0.3) is 0 Å². The summed E-state index contributed by atoms with van der Waals surface area (Å²) in [4.78, 5) is 11.4. The Morgan fingerprint density at radius 3 is 2.46 bits per heavy atom. The van der Waals surface area contributed by atoms with Gasteiger partial charge in [0.1, 0.15) is 5.75 Å². The number of carbonyl (C=O) groups excluding carboxylic acids is 1. The van der Waals surface area contributed by atoms with Crippen molar-refractivity contribution in [2.75, 3.05) is 6.61 Å². The normalized spacial score (nSPS) is 12.9. The average molecular weight is 320 g/mol. The Kier molecular flexibility index (Phi) is 4.52. The molecule has 0 atom stereocenters. The maximum atomic E-state index is 11.4. The standard InChI is InChI=1S/C21H20O3/c1-14(2)21(23)24-10-9-15-7-8-20(22)19(11-15)18-12-16-5-3-4-6-17(16)13-18/h3-8,11-13,18,22H,1,9-10H2,2H3. The van der Waals surface area contributed by atoms with Gasteiger partial charge in [0, 0.05) is 23.5 Å². The van der Waals surface area contributed by atoms with Gasteiger partial charge in [0.2, 0.25) is 0 Å². The topological polar surface area (TPSA) is 46.5 Å². The number of rotatable bonds is 5. The van der Waals surface area contributed by atoms with Crippen molar-refractivity contribution in [3.63, 3.8) is 0 Å². The predicted molar refractivity (Wildman–Crippen MR) is 94.9 cm³/mol. The summed E-state index contributed by atoms with van der Waals surface area (Å²) in [6, 6.07) is 13.7. The first kappa shape index (κ1) is 16.1. The van der Waals surface area contributed by atoms with Crippen LogP contribution in [0.4, 0.5) is 0 Å².